The lowest BCUT2D eigenvalue weighted by atomic mass is 9.97. The van der Waals surface area contributed by atoms with E-state index in [4.69, 9.17) is 4.74 Å². The summed E-state index contributed by atoms with van der Waals surface area (Å²) in [5.74, 6) is 0.242. The van der Waals surface area contributed by atoms with Crippen molar-refractivity contribution in [3.8, 4) is 0 Å². The molecule has 0 bridgehead atoms. The Balaban J connectivity index is 1.70. The molecule has 1 aliphatic heterocycles. The molecule has 136 valence electrons. The lowest BCUT2D eigenvalue weighted by Gasteiger charge is -2.18. The minimum absolute atomic E-state index is 0.242. The van der Waals surface area contributed by atoms with E-state index in [-0.39, 0.29) is 23.7 Å². The number of aromatic nitrogens is 1. The van der Waals surface area contributed by atoms with Gasteiger partial charge in [0.1, 0.15) is 11.7 Å². The van der Waals surface area contributed by atoms with Gasteiger partial charge in [-0.3, -0.25) is 4.98 Å². The molecule has 0 saturated carbocycles. The predicted octanol–water partition coefficient (Wildman–Crippen LogP) is 5.36. The van der Waals surface area contributed by atoms with Crippen LogP contribution >= 0.6 is 0 Å². The molecule has 6 heteroatoms. The molecule has 0 fully saturated rings. The number of rotatable bonds is 3. The van der Waals surface area contributed by atoms with Gasteiger partial charge >= 0.3 is 6.18 Å². The van der Waals surface area contributed by atoms with Crippen molar-refractivity contribution in [3.63, 3.8) is 0 Å². The lowest BCUT2D eigenvalue weighted by molar-refractivity contribution is -0.137. The number of nitrogens with zero attached hydrogens (tertiary/aromatic N) is 2. The van der Waals surface area contributed by atoms with Crippen LogP contribution in [0, 0.1) is 0 Å². The van der Waals surface area contributed by atoms with Gasteiger partial charge in [0.2, 0.25) is 5.90 Å². The highest BCUT2D eigenvalue weighted by molar-refractivity contribution is 5.93. The van der Waals surface area contributed by atoms with Crippen LogP contribution in [0.15, 0.2) is 84.0 Å². The third-order valence-electron chi connectivity index (χ3n) is 4.36. The molecule has 2 atom stereocenters. The molecule has 0 unspecified atom stereocenters. The highest BCUT2D eigenvalue weighted by Gasteiger charge is 2.35. The van der Waals surface area contributed by atoms with Crippen molar-refractivity contribution in [2.24, 2.45) is 4.99 Å². The number of hydrogen-bond donors (Lipinski definition) is 0. The number of halogens is 3. The van der Waals surface area contributed by atoms with Gasteiger partial charge in [-0.1, -0.05) is 60.7 Å². The van der Waals surface area contributed by atoms with Crippen LogP contribution in [0.4, 0.5) is 13.2 Å². The Kier molecular flexibility index (Phi) is 4.39. The van der Waals surface area contributed by atoms with Gasteiger partial charge in [0.15, 0.2) is 6.10 Å². The molecule has 0 aliphatic carbocycles. The first-order chi connectivity index (χ1) is 13.0. The first-order valence-corrected chi connectivity index (χ1v) is 8.40. The van der Waals surface area contributed by atoms with Crippen LogP contribution in [-0.2, 0) is 10.9 Å². The number of pyridine rings is 1. The van der Waals surface area contributed by atoms with Gasteiger partial charge in [0, 0.05) is 6.20 Å². The van der Waals surface area contributed by atoms with E-state index >= 15 is 0 Å². The Morgan fingerprint density at radius 3 is 1.96 bits per heavy atom. The molecule has 0 saturated heterocycles. The summed E-state index contributed by atoms with van der Waals surface area (Å²) in [5, 5.41) is 0. The van der Waals surface area contributed by atoms with Crippen LogP contribution in [0.1, 0.15) is 34.5 Å². The Bertz CT molecular complexity index is 939. The predicted molar refractivity (Wildman–Crippen MR) is 95.2 cm³/mol. The van der Waals surface area contributed by atoms with E-state index in [9.17, 15) is 13.2 Å². The fourth-order valence-corrected chi connectivity index (χ4v) is 3.02. The zero-order valence-corrected chi connectivity index (χ0v) is 14.1. The maximum absolute atomic E-state index is 12.8. The molecule has 2 aromatic carbocycles. The highest BCUT2D eigenvalue weighted by Crippen LogP contribution is 2.41. The van der Waals surface area contributed by atoms with E-state index in [0.29, 0.717) is 0 Å². The molecule has 3 aromatic rings. The molecule has 1 aliphatic rings. The van der Waals surface area contributed by atoms with Crippen LogP contribution in [0.25, 0.3) is 0 Å². The smallest absolute Gasteiger partial charge is 0.417 e. The second kappa shape index (κ2) is 6.87. The third-order valence-corrected chi connectivity index (χ3v) is 4.36. The van der Waals surface area contributed by atoms with Gasteiger partial charge in [0.05, 0.1) is 5.56 Å². The first kappa shape index (κ1) is 17.3. The van der Waals surface area contributed by atoms with Crippen molar-refractivity contribution in [1.82, 2.24) is 4.98 Å². The summed E-state index contributed by atoms with van der Waals surface area (Å²) in [7, 11) is 0. The van der Waals surface area contributed by atoms with E-state index in [0.717, 1.165) is 23.4 Å². The molecule has 3 nitrogen and oxygen atoms in total. The fraction of sp³-hybridized carbons (Fsp3) is 0.143. The number of benzene rings is 2. The van der Waals surface area contributed by atoms with Crippen LogP contribution in [0.5, 0.6) is 0 Å². The Labute approximate surface area is 154 Å². The molecule has 27 heavy (non-hydrogen) atoms. The number of ether oxygens (including phenoxy) is 1. The van der Waals surface area contributed by atoms with Gasteiger partial charge < -0.3 is 4.74 Å². The van der Waals surface area contributed by atoms with Gasteiger partial charge in [-0.2, -0.15) is 13.2 Å². The first-order valence-electron chi connectivity index (χ1n) is 8.40. The molecule has 0 spiro atoms. The molecule has 0 amide bonds. The third kappa shape index (κ3) is 3.56. The zero-order valence-electron chi connectivity index (χ0n) is 14.1. The summed E-state index contributed by atoms with van der Waals surface area (Å²) in [6, 6.07) is 21.3. The van der Waals surface area contributed by atoms with Crippen LogP contribution < -0.4 is 0 Å². The summed E-state index contributed by atoms with van der Waals surface area (Å²) in [6.45, 7) is 0. The Morgan fingerprint density at radius 2 is 1.41 bits per heavy atom. The van der Waals surface area contributed by atoms with E-state index in [1.54, 1.807) is 0 Å². The van der Waals surface area contributed by atoms with E-state index in [1.807, 2.05) is 60.7 Å². The van der Waals surface area contributed by atoms with Crippen molar-refractivity contribution in [1.29, 1.82) is 0 Å². The number of aliphatic imine (C=N–C) groups is 1. The maximum atomic E-state index is 12.8. The quantitative estimate of drug-likeness (QED) is 0.624. The molecule has 0 N–H and O–H groups in total. The van der Waals surface area contributed by atoms with Crippen molar-refractivity contribution < 1.29 is 17.9 Å². The van der Waals surface area contributed by atoms with Crippen molar-refractivity contribution in [2.45, 2.75) is 18.3 Å². The fourth-order valence-electron chi connectivity index (χ4n) is 3.02. The lowest BCUT2D eigenvalue weighted by Crippen LogP contribution is -2.11. The zero-order chi connectivity index (χ0) is 18.9. The average Bonchev–Trinajstić information content (AvgIpc) is 3.14. The summed E-state index contributed by atoms with van der Waals surface area (Å²) < 4.78 is 44.3. The second-order valence-corrected chi connectivity index (χ2v) is 6.17. The largest absolute Gasteiger partial charge is 0.465 e. The van der Waals surface area contributed by atoms with Gasteiger partial charge in [-0.05, 0) is 23.3 Å². The van der Waals surface area contributed by atoms with Crippen molar-refractivity contribution >= 4 is 5.90 Å². The summed E-state index contributed by atoms with van der Waals surface area (Å²) in [4.78, 5) is 8.54. The van der Waals surface area contributed by atoms with Crippen LogP contribution in [0.2, 0.25) is 0 Å². The molecule has 1 aromatic heterocycles. The minimum Gasteiger partial charge on any atom is -0.465 e. The standard InChI is InChI=1S/C21H15F3N2O/c22-21(23,24)16-11-12-17(25-13-16)20-26-18(14-7-3-1-4-8-14)19(27-20)15-9-5-2-6-10-15/h1-13,18-19H/t18-,19+/m0/s1. The summed E-state index contributed by atoms with van der Waals surface area (Å²) >= 11 is 0. The summed E-state index contributed by atoms with van der Waals surface area (Å²) in [5.41, 5.74) is 1.39. The van der Waals surface area contributed by atoms with Gasteiger partial charge in [-0.25, -0.2) is 4.99 Å². The molecular weight excluding hydrogens is 353 g/mol. The Morgan fingerprint density at radius 1 is 0.778 bits per heavy atom. The average molecular weight is 368 g/mol. The molecular formula is C21H15F3N2O. The summed E-state index contributed by atoms with van der Waals surface area (Å²) in [6.07, 6.45) is -4.00. The second-order valence-electron chi connectivity index (χ2n) is 6.17. The van der Waals surface area contributed by atoms with E-state index in [1.165, 1.54) is 6.07 Å². The topological polar surface area (TPSA) is 34.5 Å². The van der Waals surface area contributed by atoms with E-state index in [2.05, 4.69) is 9.98 Å². The Hall–Kier alpha value is -3.15. The molecule has 2 heterocycles. The van der Waals surface area contributed by atoms with Crippen LogP contribution in [-0.4, -0.2) is 10.9 Å². The van der Waals surface area contributed by atoms with Crippen molar-refractivity contribution in [3.05, 3.63) is 101 Å². The highest BCUT2D eigenvalue weighted by atomic mass is 19.4. The van der Waals surface area contributed by atoms with Crippen LogP contribution in [0.3, 0.4) is 0 Å². The SMILES string of the molecule is FC(F)(F)c1ccc(C2=N[C@@H](c3ccccc3)[C@@H](c3ccccc3)O2)nc1. The maximum Gasteiger partial charge on any atom is 0.417 e. The van der Waals surface area contributed by atoms with Gasteiger partial charge in [-0.15, -0.1) is 0 Å². The normalized spacial score (nSPS) is 19.4. The minimum atomic E-state index is -4.43. The molecule has 4 rings (SSSR count). The van der Waals surface area contributed by atoms with E-state index < -0.39 is 11.7 Å². The number of hydrogen-bond acceptors (Lipinski definition) is 3. The van der Waals surface area contributed by atoms with Gasteiger partial charge in [0.25, 0.3) is 0 Å². The number of alkyl halides is 3. The molecule has 0 radical (unpaired) electrons. The van der Waals surface area contributed by atoms with Crippen molar-refractivity contribution in [2.75, 3.05) is 0 Å². The monoisotopic (exact) mass is 368 g/mol.